The molecule has 1 amide bonds. The van der Waals surface area contributed by atoms with E-state index in [0.717, 1.165) is 31.5 Å². The molecule has 142 valence electrons. The Labute approximate surface area is 167 Å². The molecule has 3 rings (SSSR count). The number of nitrogens with one attached hydrogen (secondary N) is 1. The summed E-state index contributed by atoms with van der Waals surface area (Å²) in [5.74, 6) is 0.772. The van der Waals surface area contributed by atoms with Gasteiger partial charge in [-0.3, -0.25) is 9.78 Å². The fourth-order valence-corrected chi connectivity index (χ4v) is 2.95. The van der Waals surface area contributed by atoms with Gasteiger partial charge >= 0.3 is 0 Å². The van der Waals surface area contributed by atoms with Gasteiger partial charge < -0.3 is 15.0 Å². The number of likely N-dealkylation sites (N-methyl/N-ethyl adjacent to an activating group) is 1. The van der Waals surface area contributed by atoms with Crippen LogP contribution in [0.15, 0.2) is 48.8 Å². The second-order valence-electron chi connectivity index (χ2n) is 6.06. The molecule has 1 saturated heterocycles. The number of carbonyl (C=O) groups excluding carboxylic acids is 1. The van der Waals surface area contributed by atoms with Crippen LogP contribution >= 0.6 is 24.8 Å². The highest BCUT2D eigenvalue weighted by Gasteiger charge is 2.23. The smallest absolute Gasteiger partial charge is 0.254 e. The number of likely N-dealkylation sites (tertiary alicyclic amines) is 1. The summed E-state index contributed by atoms with van der Waals surface area (Å²) in [5.41, 5.74) is 1.68. The van der Waals surface area contributed by atoms with Gasteiger partial charge in [-0.05, 0) is 44.2 Å². The van der Waals surface area contributed by atoms with E-state index in [0.29, 0.717) is 24.0 Å². The summed E-state index contributed by atoms with van der Waals surface area (Å²) in [6.45, 7) is 2.02. The first-order chi connectivity index (χ1) is 11.8. The molecule has 26 heavy (non-hydrogen) atoms. The zero-order valence-corrected chi connectivity index (χ0v) is 16.4. The molecule has 0 bridgehead atoms. The van der Waals surface area contributed by atoms with E-state index >= 15 is 0 Å². The van der Waals surface area contributed by atoms with Gasteiger partial charge in [-0.25, -0.2) is 0 Å². The predicted molar refractivity (Wildman–Crippen MR) is 107 cm³/mol. The van der Waals surface area contributed by atoms with Crippen molar-refractivity contribution in [2.75, 3.05) is 20.1 Å². The maximum absolute atomic E-state index is 12.7. The van der Waals surface area contributed by atoms with E-state index in [1.54, 1.807) is 12.4 Å². The van der Waals surface area contributed by atoms with Gasteiger partial charge in [0, 0.05) is 42.7 Å². The summed E-state index contributed by atoms with van der Waals surface area (Å²) in [6, 6.07) is 11.6. The van der Waals surface area contributed by atoms with Crippen LogP contribution in [-0.2, 0) is 6.61 Å². The minimum Gasteiger partial charge on any atom is -0.489 e. The molecule has 2 aromatic rings. The van der Waals surface area contributed by atoms with E-state index in [1.165, 1.54) is 0 Å². The third-order valence-electron chi connectivity index (χ3n) is 4.33. The molecular weight excluding hydrogens is 373 g/mol. The largest absolute Gasteiger partial charge is 0.489 e. The maximum atomic E-state index is 12.7. The number of nitrogens with zero attached hydrogens (tertiary/aromatic N) is 2. The molecule has 1 N–H and O–H groups in total. The molecule has 1 aliphatic heterocycles. The standard InChI is InChI=1S/C19H23N3O2.2ClH/c1-20-17-7-4-10-22(13-17)19(23)16-6-2-8-18(11-16)24-14-15-5-3-9-21-12-15;;/h2-3,5-6,8-9,11-12,17,20H,4,7,10,13-14H2,1H3;2*1H. The van der Waals surface area contributed by atoms with Crippen LogP contribution in [0.3, 0.4) is 0 Å². The Kier molecular flexibility index (Phi) is 9.41. The SMILES string of the molecule is CNC1CCCN(C(=O)c2cccc(OCc3cccnc3)c2)C1.Cl.Cl. The van der Waals surface area contributed by atoms with Gasteiger partial charge in [-0.1, -0.05) is 12.1 Å². The van der Waals surface area contributed by atoms with Gasteiger partial charge in [0.15, 0.2) is 0 Å². The van der Waals surface area contributed by atoms with Gasteiger partial charge in [0.1, 0.15) is 12.4 Å². The summed E-state index contributed by atoms with van der Waals surface area (Å²) in [4.78, 5) is 18.7. The van der Waals surface area contributed by atoms with E-state index in [2.05, 4.69) is 10.3 Å². The van der Waals surface area contributed by atoms with Gasteiger partial charge in [0.05, 0.1) is 0 Å². The molecule has 5 nitrogen and oxygen atoms in total. The number of rotatable bonds is 5. The Morgan fingerprint density at radius 3 is 2.88 bits per heavy atom. The lowest BCUT2D eigenvalue weighted by Gasteiger charge is -2.32. The minimum atomic E-state index is 0. The van der Waals surface area contributed by atoms with Crippen molar-refractivity contribution in [3.8, 4) is 5.75 Å². The number of pyridine rings is 1. The summed E-state index contributed by atoms with van der Waals surface area (Å²) in [5, 5.41) is 3.27. The maximum Gasteiger partial charge on any atom is 0.254 e. The quantitative estimate of drug-likeness (QED) is 0.840. The zero-order valence-electron chi connectivity index (χ0n) is 14.8. The fourth-order valence-electron chi connectivity index (χ4n) is 2.95. The third-order valence-corrected chi connectivity index (χ3v) is 4.33. The molecule has 1 unspecified atom stereocenters. The van der Waals surface area contributed by atoms with Crippen LogP contribution in [0.1, 0.15) is 28.8 Å². The average Bonchev–Trinajstić information content (AvgIpc) is 2.67. The lowest BCUT2D eigenvalue weighted by molar-refractivity contribution is 0.0697. The lowest BCUT2D eigenvalue weighted by atomic mass is 10.0. The van der Waals surface area contributed by atoms with Crippen LogP contribution in [0, 0.1) is 0 Å². The topological polar surface area (TPSA) is 54.5 Å². The van der Waals surface area contributed by atoms with Crippen molar-refractivity contribution in [2.45, 2.75) is 25.5 Å². The van der Waals surface area contributed by atoms with E-state index in [9.17, 15) is 4.79 Å². The number of amides is 1. The highest BCUT2D eigenvalue weighted by atomic mass is 35.5. The normalized spacial score (nSPS) is 16.2. The van der Waals surface area contributed by atoms with E-state index < -0.39 is 0 Å². The van der Waals surface area contributed by atoms with Crippen LogP contribution < -0.4 is 10.1 Å². The average molecular weight is 398 g/mol. The summed E-state index contributed by atoms with van der Waals surface area (Å²) in [7, 11) is 1.95. The Balaban J connectivity index is 0.00000169. The number of ether oxygens (including phenoxy) is 1. The molecule has 1 aliphatic rings. The first-order valence-electron chi connectivity index (χ1n) is 8.34. The van der Waals surface area contributed by atoms with Gasteiger partial charge in [-0.15, -0.1) is 24.8 Å². The van der Waals surface area contributed by atoms with Crippen molar-refractivity contribution in [3.63, 3.8) is 0 Å². The van der Waals surface area contributed by atoms with Crippen molar-refractivity contribution < 1.29 is 9.53 Å². The first-order valence-corrected chi connectivity index (χ1v) is 8.34. The lowest BCUT2D eigenvalue weighted by Crippen LogP contribution is -2.46. The van der Waals surface area contributed by atoms with E-state index in [-0.39, 0.29) is 30.7 Å². The Morgan fingerprint density at radius 1 is 1.31 bits per heavy atom. The molecule has 0 radical (unpaired) electrons. The predicted octanol–water partition coefficient (Wildman–Crippen LogP) is 3.33. The highest BCUT2D eigenvalue weighted by molar-refractivity contribution is 5.94. The van der Waals surface area contributed by atoms with Crippen LogP contribution in [0.5, 0.6) is 5.75 Å². The number of halogens is 2. The number of carbonyl (C=O) groups is 1. The number of aromatic nitrogens is 1. The van der Waals surface area contributed by atoms with Crippen LogP contribution in [-0.4, -0.2) is 42.0 Å². The first kappa shape index (κ1) is 22.2. The Morgan fingerprint density at radius 2 is 2.15 bits per heavy atom. The second kappa shape index (κ2) is 11.0. The van der Waals surface area contributed by atoms with E-state index in [4.69, 9.17) is 4.74 Å². The van der Waals surface area contributed by atoms with Gasteiger partial charge in [-0.2, -0.15) is 0 Å². The highest BCUT2D eigenvalue weighted by Crippen LogP contribution is 2.19. The molecule has 7 heteroatoms. The number of hydrogen-bond acceptors (Lipinski definition) is 4. The molecule has 0 aliphatic carbocycles. The molecule has 1 atom stereocenters. The molecular formula is C19H25Cl2N3O2. The van der Waals surface area contributed by atoms with Gasteiger partial charge in [0.2, 0.25) is 0 Å². The van der Waals surface area contributed by atoms with Crippen molar-refractivity contribution in [1.29, 1.82) is 0 Å². The van der Waals surface area contributed by atoms with Crippen LogP contribution in [0.2, 0.25) is 0 Å². The van der Waals surface area contributed by atoms with E-state index in [1.807, 2.05) is 48.3 Å². The van der Waals surface area contributed by atoms with Crippen molar-refractivity contribution in [2.24, 2.45) is 0 Å². The van der Waals surface area contributed by atoms with Crippen LogP contribution in [0.25, 0.3) is 0 Å². The summed E-state index contributed by atoms with van der Waals surface area (Å²) < 4.78 is 5.79. The Hall–Kier alpha value is -1.82. The molecule has 0 spiro atoms. The van der Waals surface area contributed by atoms with Crippen molar-refractivity contribution in [3.05, 3.63) is 59.9 Å². The molecule has 1 aromatic heterocycles. The fraction of sp³-hybridized carbons (Fsp3) is 0.368. The minimum absolute atomic E-state index is 0. The van der Waals surface area contributed by atoms with Gasteiger partial charge in [0.25, 0.3) is 5.91 Å². The Bertz CT molecular complexity index is 685. The van der Waals surface area contributed by atoms with Crippen LogP contribution in [0.4, 0.5) is 0 Å². The summed E-state index contributed by atoms with van der Waals surface area (Å²) in [6.07, 6.45) is 5.67. The molecule has 0 saturated carbocycles. The third kappa shape index (κ3) is 5.87. The monoisotopic (exact) mass is 397 g/mol. The number of hydrogen-bond donors (Lipinski definition) is 1. The number of piperidine rings is 1. The summed E-state index contributed by atoms with van der Waals surface area (Å²) >= 11 is 0. The second-order valence-corrected chi connectivity index (χ2v) is 6.06. The van der Waals surface area contributed by atoms with Crippen molar-refractivity contribution in [1.82, 2.24) is 15.2 Å². The molecule has 1 aromatic carbocycles. The number of benzene rings is 1. The zero-order chi connectivity index (χ0) is 16.8. The molecule has 1 fully saturated rings. The molecule has 2 heterocycles. The van der Waals surface area contributed by atoms with Crippen molar-refractivity contribution >= 4 is 30.7 Å².